The van der Waals surface area contributed by atoms with Crippen molar-refractivity contribution in [3.63, 3.8) is 0 Å². The first-order valence-electron chi connectivity index (χ1n) is 10.6. The third kappa shape index (κ3) is 5.35. The molecule has 2 heterocycles. The zero-order valence-electron chi connectivity index (χ0n) is 18.1. The van der Waals surface area contributed by atoms with Crippen molar-refractivity contribution in [2.24, 2.45) is 5.92 Å². The van der Waals surface area contributed by atoms with E-state index in [0.717, 1.165) is 24.0 Å². The van der Waals surface area contributed by atoms with Crippen LogP contribution in [0.5, 0.6) is 0 Å². The highest BCUT2D eigenvalue weighted by atomic mass is 16.5. The van der Waals surface area contributed by atoms with E-state index in [4.69, 9.17) is 9.84 Å². The van der Waals surface area contributed by atoms with Crippen molar-refractivity contribution in [3.8, 4) is 11.4 Å². The molecule has 1 saturated heterocycles. The highest BCUT2D eigenvalue weighted by molar-refractivity contribution is 5.86. The number of ether oxygens (including phenoxy) is 1. The van der Waals surface area contributed by atoms with E-state index in [9.17, 15) is 14.4 Å². The lowest BCUT2D eigenvalue weighted by Gasteiger charge is -2.42. The molecule has 0 bridgehead atoms. The Morgan fingerprint density at radius 1 is 1.31 bits per heavy atom. The highest BCUT2D eigenvalue weighted by Crippen LogP contribution is 2.38. The van der Waals surface area contributed by atoms with Crippen LogP contribution >= 0.6 is 0 Å². The SMILES string of the molecule is CC(C)[C@H](NC1(c2ccccc2-c2nnn[nH]2)CCCCO1)C(=O)N[C@H](C=O)CC(=O)O. The monoisotopic (exact) mass is 444 g/mol. The molecule has 172 valence electrons. The van der Waals surface area contributed by atoms with Gasteiger partial charge in [-0.05, 0) is 35.6 Å². The molecule has 1 aromatic heterocycles. The van der Waals surface area contributed by atoms with Gasteiger partial charge >= 0.3 is 5.97 Å². The molecule has 2 aromatic rings. The van der Waals surface area contributed by atoms with Crippen molar-refractivity contribution in [1.82, 2.24) is 31.3 Å². The van der Waals surface area contributed by atoms with E-state index in [2.05, 4.69) is 31.3 Å². The van der Waals surface area contributed by atoms with E-state index < -0.39 is 36.1 Å². The summed E-state index contributed by atoms with van der Waals surface area (Å²) in [5, 5.41) is 29.0. The first kappa shape index (κ1) is 23.5. The van der Waals surface area contributed by atoms with Gasteiger partial charge in [-0.25, -0.2) is 5.10 Å². The van der Waals surface area contributed by atoms with Crippen molar-refractivity contribution < 1.29 is 24.2 Å². The summed E-state index contributed by atoms with van der Waals surface area (Å²) in [5.41, 5.74) is 0.540. The van der Waals surface area contributed by atoms with E-state index in [1.807, 2.05) is 38.1 Å². The lowest BCUT2D eigenvalue weighted by Crippen LogP contribution is -2.59. The average Bonchev–Trinajstić information content (AvgIpc) is 3.32. The highest BCUT2D eigenvalue weighted by Gasteiger charge is 2.42. The summed E-state index contributed by atoms with van der Waals surface area (Å²) in [6, 6.07) is 5.67. The summed E-state index contributed by atoms with van der Waals surface area (Å²) in [5.74, 6) is -1.33. The minimum atomic E-state index is -1.17. The lowest BCUT2D eigenvalue weighted by atomic mass is 9.88. The number of hydrogen-bond donors (Lipinski definition) is 4. The fraction of sp³-hybridized carbons (Fsp3) is 0.524. The fourth-order valence-corrected chi connectivity index (χ4v) is 3.89. The van der Waals surface area contributed by atoms with Crippen LogP contribution in [0.4, 0.5) is 0 Å². The molecule has 1 aliphatic rings. The Balaban J connectivity index is 1.94. The quantitative estimate of drug-likeness (QED) is 0.392. The summed E-state index contributed by atoms with van der Waals surface area (Å²) >= 11 is 0. The molecule has 3 atom stereocenters. The molecular formula is C21H28N6O5. The molecule has 1 unspecified atom stereocenters. The van der Waals surface area contributed by atoms with Crippen LogP contribution in [0, 0.1) is 5.92 Å². The predicted octanol–water partition coefficient (Wildman–Crippen LogP) is 0.993. The maximum atomic E-state index is 13.1. The number of aldehydes is 1. The topological polar surface area (TPSA) is 159 Å². The normalized spacial score (nSPS) is 20.5. The third-order valence-electron chi connectivity index (χ3n) is 5.46. The molecule has 1 aliphatic heterocycles. The van der Waals surface area contributed by atoms with Crippen LogP contribution < -0.4 is 10.6 Å². The standard InChI is InChI=1S/C21H28N6O5/c1-13(2)18(20(31)22-14(12-28)11-17(29)30)23-21(9-5-6-10-32-21)16-8-4-3-7-15(16)19-24-26-27-25-19/h3-4,7-8,12-14,18,23H,5-6,9-11H2,1-2H3,(H,22,31)(H,29,30)(H,24,25,26,27)/t14-,18-,21?/m0/s1. The Labute approximate surface area is 185 Å². The molecule has 0 spiro atoms. The number of carbonyl (C=O) groups is 3. The summed E-state index contributed by atoms with van der Waals surface area (Å²) in [6.45, 7) is 4.23. The second kappa shape index (κ2) is 10.4. The van der Waals surface area contributed by atoms with E-state index in [1.54, 1.807) is 0 Å². The van der Waals surface area contributed by atoms with Gasteiger partial charge in [0, 0.05) is 17.7 Å². The summed E-state index contributed by atoms with van der Waals surface area (Å²) in [7, 11) is 0. The predicted molar refractivity (Wildman–Crippen MR) is 113 cm³/mol. The lowest BCUT2D eigenvalue weighted by molar-refractivity contribution is -0.141. The second-order valence-corrected chi connectivity index (χ2v) is 8.14. The molecule has 32 heavy (non-hydrogen) atoms. The Morgan fingerprint density at radius 3 is 2.69 bits per heavy atom. The van der Waals surface area contributed by atoms with E-state index >= 15 is 0 Å². The molecule has 0 radical (unpaired) electrons. The fourth-order valence-electron chi connectivity index (χ4n) is 3.89. The summed E-state index contributed by atoms with van der Waals surface area (Å²) in [6.07, 6.45) is 2.32. The zero-order chi connectivity index (χ0) is 23.1. The van der Waals surface area contributed by atoms with Gasteiger partial charge in [0.25, 0.3) is 0 Å². The van der Waals surface area contributed by atoms with Gasteiger partial charge in [0.2, 0.25) is 5.91 Å². The number of carboxylic acids is 1. The largest absolute Gasteiger partial charge is 0.481 e. The number of rotatable bonds is 10. The average molecular weight is 444 g/mol. The van der Waals surface area contributed by atoms with Crippen molar-refractivity contribution in [1.29, 1.82) is 0 Å². The third-order valence-corrected chi connectivity index (χ3v) is 5.46. The van der Waals surface area contributed by atoms with Gasteiger partial charge in [0.15, 0.2) is 5.82 Å². The molecule has 1 fully saturated rings. The van der Waals surface area contributed by atoms with Crippen LogP contribution in [0.2, 0.25) is 0 Å². The van der Waals surface area contributed by atoms with Crippen molar-refractivity contribution in [3.05, 3.63) is 29.8 Å². The number of nitrogens with zero attached hydrogens (tertiary/aromatic N) is 3. The maximum Gasteiger partial charge on any atom is 0.305 e. The number of aromatic amines is 1. The van der Waals surface area contributed by atoms with E-state index in [1.165, 1.54) is 0 Å². The number of tetrazole rings is 1. The van der Waals surface area contributed by atoms with Gasteiger partial charge in [0.1, 0.15) is 12.0 Å². The number of amides is 1. The number of hydrogen-bond acceptors (Lipinski definition) is 8. The van der Waals surface area contributed by atoms with Gasteiger partial charge in [0.05, 0.1) is 18.5 Å². The number of nitrogens with one attached hydrogen (secondary N) is 3. The van der Waals surface area contributed by atoms with Crippen LogP contribution in [0.1, 0.15) is 45.1 Å². The van der Waals surface area contributed by atoms with Gasteiger partial charge < -0.3 is 20.0 Å². The molecule has 0 saturated carbocycles. The number of carbonyl (C=O) groups excluding carboxylic acids is 2. The number of aliphatic carboxylic acids is 1. The number of carboxylic acid groups (broad SMARTS) is 1. The van der Waals surface area contributed by atoms with Crippen LogP contribution in [0.25, 0.3) is 11.4 Å². The van der Waals surface area contributed by atoms with Crippen molar-refractivity contribution >= 4 is 18.2 Å². The van der Waals surface area contributed by atoms with E-state index in [0.29, 0.717) is 25.1 Å². The second-order valence-electron chi connectivity index (χ2n) is 8.14. The van der Waals surface area contributed by atoms with Crippen LogP contribution in [-0.2, 0) is 24.8 Å². The summed E-state index contributed by atoms with van der Waals surface area (Å²) < 4.78 is 6.28. The van der Waals surface area contributed by atoms with Crippen LogP contribution in [0.3, 0.4) is 0 Å². The minimum absolute atomic E-state index is 0.173. The molecule has 0 aliphatic carbocycles. The van der Waals surface area contributed by atoms with Crippen LogP contribution in [-0.4, -0.2) is 62.6 Å². The molecule has 1 aromatic carbocycles. The molecule has 1 amide bonds. The van der Waals surface area contributed by atoms with Crippen molar-refractivity contribution in [2.45, 2.75) is 57.3 Å². The molecule has 11 nitrogen and oxygen atoms in total. The molecule has 4 N–H and O–H groups in total. The number of aromatic nitrogens is 4. The van der Waals surface area contributed by atoms with Crippen molar-refractivity contribution in [2.75, 3.05) is 6.61 Å². The van der Waals surface area contributed by atoms with E-state index in [-0.39, 0.29) is 5.92 Å². The number of benzene rings is 1. The Hall–Kier alpha value is -3.18. The first-order chi connectivity index (χ1) is 15.4. The van der Waals surface area contributed by atoms with Gasteiger partial charge in [-0.3, -0.25) is 14.9 Å². The minimum Gasteiger partial charge on any atom is -0.481 e. The smallest absolute Gasteiger partial charge is 0.305 e. The Morgan fingerprint density at radius 2 is 2.09 bits per heavy atom. The van der Waals surface area contributed by atoms with Gasteiger partial charge in [-0.2, -0.15) is 0 Å². The first-order valence-corrected chi connectivity index (χ1v) is 10.6. The summed E-state index contributed by atoms with van der Waals surface area (Å²) in [4.78, 5) is 35.3. The zero-order valence-corrected chi connectivity index (χ0v) is 18.1. The van der Waals surface area contributed by atoms with Gasteiger partial charge in [-0.1, -0.05) is 38.1 Å². The Kier molecular flexibility index (Phi) is 7.65. The molecular weight excluding hydrogens is 416 g/mol. The molecule has 11 heteroatoms. The number of H-pyrrole nitrogens is 1. The Bertz CT molecular complexity index is 927. The maximum absolute atomic E-state index is 13.1. The molecule has 3 rings (SSSR count). The van der Waals surface area contributed by atoms with Gasteiger partial charge in [-0.15, -0.1) is 5.10 Å². The van der Waals surface area contributed by atoms with Crippen LogP contribution in [0.15, 0.2) is 24.3 Å².